The lowest BCUT2D eigenvalue weighted by Gasteiger charge is -2.14. The SMILES string of the molecule is Cc1cnc(Nc2ncc(C(=O)Nc3c(C)ccc(-c4cccc(Nc5ncc(C(=O)Nc6c(C)cccc6Cl)s5)c4)c3Cl)s2)c(C)n1. The van der Waals surface area contributed by atoms with Crippen LogP contribution in [0.4, 0.5) is 33.1 Å². The minimum atomic E-state index is -0.335. The van der Waals surface area contributed by atoms with Gasteiger partial charge in [0.25, 0.3) is 11.8 Å². The van der Waals surface area contributed by atoms with E-state index in [1.165, 1.54) is 35.1 Å². The van der Waals surface area contributed by atoms with E-state index in [1.54, 1.807) is 12.3 Å². The summed E-state index contributed by atoms with van der Waals surface area (Å²) in [5.74, 6) is -0.0550. The van der Waals surface area contributed by atoms with Crippen LogP contribution in [0.25, 0.3) is 11.1 Å². The van der Waals surface area contributed by atoms with E-state index in [1.807, 2.05) is 76.2 Å². The number of aromatic nitrogens is 4. The number of rotatable bonds is 9. The number of carbonyl (C=O) groups excluding carboxylic acids is 2. The number of para-hydroxylation sites is 1. The Balaban J connectivity index is 1.16. The Bertz CT molecular complexity index is 2160. The zero-order chi connectivity index (χ0) is 33.9. The van der Waals surface area contributed by atoms with Gasteiger partial charge in [-0.05, 0) is 62.6 Å². The molecule has 0 saturated carbocycles. The van der Waals surface area contributed by atoms with Gasteiger partial charge >= 0.3 is 0 Å². The molecule has 6 rings (SSSR count). The maximum atomic E-state index is 13.3. The standard InChI is InChI=1S/C34H28Cl2N8O2S2/c1-17-7-5-10-24(35)28(17)42-31(45)25-15-38-33(47-25)41-22-9-6-8-21(13-22)23-12-11-18(2)29(27(23)36)43-32(46)26-16-39-34(48-26)44-30-20(4)40-19(3)14-37-30/h5-16H,1-4H3,(H,38,41)(H,42,45)(H,43,46)(H,37,39,44). The number of thiazole rings is 2. The van der Waals surface area contributed by atoms with Gasteiger partial charge in [0.2, 0.25) is 0 Å². The van der Waals surface area contributed by atoms with Gasteiger partial charge in [0.1, 0.15) is 9.75 Å². The highest BCUT2D eigenvalue weighted by atomic mass is 35.5. The molecular formula is C34H28Cl2N8O2S2. The molecule has 0 fully saturated rings. The fraction of sp³-hybridized carbons (Fsp3) is 0.118. The predicted molar refractivity (Wildman–Crippen MR) is 196 cm³/mol. The molecule has 0 atom stereocenters. The summed E-state index contributed by atoms with van der Waals surface area (Å²) in [5, 5.41) is 14.2. The van der Waals surface area contributed by atoms with Crippen LogP contribution in [0.2, 0.25) is 10.0 Å². The van der Waals surface area contributed by atoms with Gasteiger partial charge in [-0.1, -0.05) is 82.3 Å². The first-order valence-corrected chi connectivity index (χ1v) is 17.0. The van der Waals surface area contributed by atoms with Gasteiger partial charge in [-0.15, -0.1) is 0 Å². The zero-order valence-electron chi connectivity index (χ0n) is 26.1. The number of amides is 2. The van der Waals surface area contributed by atoms with E-state index in [4.69, 9.17) is 23.2 Å². The average molecular weight is 716 g/mol. The first-order chi connectivity index (χ1) is 23.0. The molecule has 6 aromatic rings. The Labute approximate surface area is 294 Å². The highest BCUT2D eigenvalue weighted by Crippen LogP contribution is 2.38. The number of anilines is 6. The average Bonchev–Trinajstić information content (AvgIpc) is 3.73. The van der Waals surface area contributed by atoms with Crippen LogP contribution in [-0.2, 0) is 0 Å². The number of nitrogens with one attached hydrogen (secondary N) is 4. The lowest BCUT2D eigenvalue weighted by atomic mass is 10.0. The van der Waals surface area contributed by atoms with E-state index in [-0.39, 0.29) is 11.8 Å². The van der Waals surface area contributed by atoms with Crippen molar-refractivity contribution in [1.29, 1.82) is 0 Å². The molecule has 3 aromatic heterocycles. The smallest absolute Gasteiger partial charge is 0.267 e. The molecule has 4 N–H and O–H groups in total. The van der Waals surface area contributed by atoms with Crippen molar-refractivity contribution in [2.75, 3.05) is 21.3 Å². The van der Waals surface area contributed by atoms with Gasteiger partial charge in [0.05, 0.1) is 51.4 Å². The summed E-state index contributed by atoms with van der Waals surface area (Å²) in [7, 11) is 0. The van der Waals surface area contributed by atoms with Crippen LogP contribution in [0, 0.1) is 27.7 Å². The van der Waals surface area contributed by atoms with Crippen molar-refractivity contribution in [3.63, 3.8) is 0 Å². The number of benzene rings is 3. The molecule has 0 aliphatic rings. The van der Waals surface area contributed by atoms with Crippen LogP contribution in [0.15, 0.2) is 73.2 Å². The Hall–Kier alpha value is -4.88. The molecule has 0 radical (unpaired) electrons. The first-order valence-electron chi connectivity index (χ1n) is 14.6. The summed E-state index contributed by atoms with van der Waals surface area (Å²) in [6, 6.07) is 16.9. The third-order valence-corrected chi connectivity index (χ3v) is 9.76. The third-order valence-electron chi connectivity index (χ3n) is 7.23. The molecule has 2 amide bonds. The van der Waals surface area contributed by atoms with Gasteiger partial charge < -0.3 is 21.3 Å². The molecule has 3 aromatic carbocycles. The lowest BCUT2D eigenvalue weighted by molar-refractivity contribution is 0.102. The van der Waals surface area contributed by atoms with E-state index in [0.29, 0.717) is 47.3 Å². The molecule has 0 unspecified atom stereocenters. The zero-order valence-corrected chi connectivity index (χ0v) is 29.3. The first kappa shape index (κ1) is 33.0. The summed E-state index contributed by atoms with van der Waals surface area (Å²) in [5.41, 5.74) is 6.60. The second-order valence-corrected chi connectivity index (χ2v) is 13.6. The Kier molecular flexibility index (Phi) is 9.69. The molecule has 242 valence electrons. The number of hydrogen-bond acceptors (Lipinski definition) is 10. The highest BCUT2D eigenvalue weighted by Gasteiger charge is 2.18. The summed E-state index contributed by atoms with van der Waals surface area (Å²) < 4.78 is 0. The summed E-state index contributed by atoms with van der Waals surface area (Å²) >= 11 is 15.6. The van der Waals surface area contributed by atoms with Crippen molar-refractivity contribution in [3.05, 3.63) is 116 Å². The number of halogens is 2. The normalized spacial score (nSPS) is 10.9. The van der Waals surface area contributed by atoms with Gasteiger partial charge in [-0.25, -0.2) is 15.0 Å². The number of carbonyl (C=O) groups is 2. The molecule has 10 nitrogen and oxygen atoms in total. The molecule has 0 saturated heterocycles. The summed E-state index contributed by atoms with van der Waals surface area (Å²) in [4.78, 5) is 44.5. The van der Waals surface area contributed by atoms with Crippen LogP contribution >= 0.6 is 45.9 Å². The van der Waals surface area contributed by atoms with Crippen molar-refractivity contribution in [3.8, 4) is 11.1 Å². The number of nitrogens with zero attached hydrogens (tertiary/aromatic N) is 4. The second-order valence-electron chi connectivity index (χ2n) is 10.8. The maximum Gasteiger partial charge on any atom is 0.267 e. The minimum Gasteiger partial charge on any atom is -0.332 e. The predicted octanol–water partition coefficient (Wildman–Crippen LogP) is 9.59. The van der Waals surface area contributed by atoms with E-state index in [9.17, 15) is 9.59 Å². The molecule has 0 aliphatic carbocycles. The van der Waals surface area contributed by atoms with Crippen LogP contribution in [0.1, 0.15) is 41.9 Å². The number of aryl methyl sites for hydroxylation is 4. The van der Waals surface area contributed by atoms with Gasteiger partial charge in [0.15, 0.2) is 16.1 Å². The van der Waals surface area contributed by atoms with Crippen LogP contribution in [0.5, 0.6) is 0 Å². The fourth-order valence-corrected chi connectivity index (χ4v) is 6.85. The van der Waals surface area contributed by atoms with Gasteiger partial charge in [0, 0.05) is 11.3 Å². The highest BCUT2D eigenvalue weighted by molar-refractivity contribution is 7.18. The molecular weight excluding hydrogens is 687 g/mol. The summed E-state index contributed by atoms with van der Waals surface area (Å²) in [6.07, 6.45) is 4.69. The van der Waals surface area contributed by atoms with Crippen molar-refractivity contribution in [2.24, 2.45) is 0 Å². The van der Waals surface area contributed by atoms with Crippen molar-refractivity contribution < 1.29 is 9.59 Å². The third kappa shape index (κ3) is 7.32. The van der Waals surface area contributed by atoms with E-state index in [2.05, 4.69) is 41.2 Å². The van der Waals surface area contributed by atoms with Gasteiger partial charge in [-0.2, -0.15) is 0 Å². The topological polar surface area (TPSA) is 134 Å². The Morgan fingerprint density at radius 1 is 0.708 bits per heavy atom. The van der Waals surface area contributed by atoms with Gasteiger partial charge in [-0.3, -0.25) is 14.6 Å². The molecule has 0 aliphatic heterocycles. The van der Waals surface area contributed by atoms with E-state index >= 15 is 0 Å². The van der Waals surface area contributed by atoms with E-state index < -0.39 is 0 Å². The van der Waals surface area contributed by atoms with Crippen LogP contribution in [0.3, 0.4) is 0 Å². The minimum absolute atomic E-state index is 0.298. The van der Waals surface area contributed by atoms with Crippen molar-refractivity contribution >= 4 is 90.8 Å². The molecule has 0 bridgehead atoms. The summed E-state index contributed by atoms with van der Waals surface area (Å²) in [6.45, 7) is 7.49. The number of hydrogen-bond donors (Lipinski definition) is 4. The fourth-order valence-electron chi connectivity index (χ4n) is 4.77. The molecule has 48 heavy (non-hydrogen) atoms. The Morgan fingerprint density at radius 2 is 1.35 bits per heavy atom. The molecule has 14 heteroatoms. The second kappa shape index (κ2) is 14.1. The quantitative estimate of drug-likeness (QED) is 0.116. The van der Waals surface area contributed by atoms with Crippen LogP contribution < -0.4 is 21.3 Å². The molecule has 0 spiro atoms. The van der Waals surface area contributed by atoms with Crippen molar-refractivity contribution in [2.45, 2.75) is 27.7 Å². The largest absolute Gasteiger partial charge is 0.332 e. The van der Waals surface area contributed by atoms with Crippen LogP contribution in [-0.4, -0.2) is 31.8 Å². The Morgan fingerprint density at radius 3 is 2.04 bits per heavy atom. The molecule has 3 heterocycles. The monoisotopic (exact) mass is 714 g/mol. The maximum absolute atomic E-state index is 13.3. The lowest BCUT2D eigenvalue weighted by Crippen LogP contribution is -2.12. The van der Waals surface area contributed by atoms with E-state index in [0.717, 1.165) is 39.3 Å². The van der Waals surface area contributed by atoms with Crippen molar-refractivity contribution in [1.82, 2.24) is 19.9 Å².